The van der Waals surface area contributed by atoms with E-state index >= 15 is 0 Å². The number of rotatable bonds is 4. The number of aliphatic hydroxyl groups excluding tert-OH is 1. The average molecular weight is 363 g/mol. The maximum atomic E-state index is 12.3. The fourth-order valence-corrected chi connectivity index (χ4v) is 2.60. The van der Waals surface area contributed by atoms with Gasteiger partial charge in [-0.25, -0.2) is 9.78 Å². The van der Waals surface area contributed by atoms with E-state index in [1.54, 1.807) is 31.2 Å². The lowest BCUT2D eigenvalue weighted by molar-refractivity contribution is 0.0331. The number of aryl methyl sites for hydroxylation is 1. The minimum absolute atomic E-state index is 0.0168. The van der Waals surface area contributed by atoms with Crippen LogP contribution in [0.3, 0.4) is 0 Å². The number of phenols is 1. The van der Waals surface area contributed by atoms with Crippen LogP contribution in [0.2, 0.25) is 0 Å². The van der Waals surface area contributed by atoms with Gasteiger partial charge in [-0.15, -0.1) is 0 Å². The molecule has 0 bridgehead atoms. The summed E-state index contributed by atoms with van der Waals surface area (Å²) >= 11 is 0. The van der Waals surface area contributed by atoms with Crippen molar-refractivity contribution in [3.63, 3.8) is 0 Å². The molecule has 0 amide bonds. The number of aromatic amines is 1. The fraction of sp³-hybridized carbons (Fsp3) is 0.150. The molecule has 3 rings (SSSR count). The second-order valence-electron chi connectivity index (χ2n) is 6.04. The number of phenolic OH excluding ortho intramolecular Hbond substituents is 1. The number of aromatic hydroxyl groups is 1. The number of para-hydroxylation sites is 2. The van der Waals surface area contributed by atoms with Gasteiger partial charge in [-0.1, -0.05) is 23.8 Å². The van der Waals surface area contributed by atoms with Crippen molar-refractivity contribution >= 4 is 22.6 Å². The number of H-pyrrole nitrogens is 1. The number of nitrogens with zero attached hydrogens (tertiary/aromatic N) is 2. The van der Waals surface area contributed by atoms with E-state index in [0.717, 1.165) is 5.56 Å². The Balaban J connectivity index is 1.89. The lowest BCUT2D eigenvalue weighted by Gasteiger charge is -2.14. The monoisotopic (exact) mass is 363 g/mol. The normalized spacial score (nSPS) is 12.9. The van der Waals surface area contributed by atoms with Crippen molar-refractivity contribution in [1.29, 1.82) is 5.26 Å². The molecule has 0 saturated heterocycles. The van der Waals surface area contributed by atoms with Crippen molar-refractivity contribution < 1.29 is 19.7 Å². The molecule has 0 saturated carbocycles. The van der Waals surface area contributed by atoms with Crippen molar-refractivity contribution in [3.8, 4) is 11.8 Å². The van der Waals surface area contributed by atoms with Crippen LogP contribution in [0, 0.1) is 18.3 Å². The van der Waals surface area contributed by atoms with Gasteiger partial charge >= 0.3 is 5.97 Å². The van der Waals surface area contributed by atoms with Crippen LogP contribution in [-0.4, -0.2) is 32.3 Å². The first kappa shape index (κ1) is 18.0. The number of imidazole rings is 1. The van der Waals surface area contributed by atoms with E-state index in [1.165, 1.54) is 19.1 Å². The van der Waals surface area contributed by atoms with Crippen LogP contribution in [0.1, 0.15) is 28.7 Å². The van der Waals surface area contributed by atoms with Crippen LogP contribution in [-0.2, 0) is 4.74 Å². The summed E-state index contributed by atoms with van der Waals surface area (Å²) in [7, 11) is 0. The molecule has 0 spiro atoms. The minimum Gasteiger partial charge on any atom is -0.507 e. The fourth-order valence-electron chi connectivity index (χ4n) is 2.60. The second-order valence-corrected chi connectivity index (χ2v) is 6.04. The molecule has 0 unspecified atom stereocenters. The predicted octanol–water partition coefficient (Wildman–Crippen LogP) is 3.62. The Kier molecular flexibility index (Phi) is 4.81. The number of carbonyl (C=O) groups excluding carboxylic acids is 1. The van der Waals surface area contributed by atoms with Gasteiger partial charge in [0.05, 0.1) is 11.0 Å². The first-order valence-corrected chi connectivity index (χ1v) is 8.19. The molecule has 0 radical (unpaired) electrons. The van der Waals surface area contributed by atoms with Gasteiger partial charge in [0.25, 0.3) is 0 Å². The molecule has 3 aromatic rings. The van der Waals surface area contributed by atoms with Crippen molar-refractivity contribution in [3.05, 3.63) is 65.2 Å². The van der Waals surface area contributed by atoms with Gasteiger partial charge in [0.1, 0.15) is 23.0 Å². The Morgan fingerprint density at radius 1 is 1.30 bits per heavy atom. The zero-order valence-electron chi connectivity index (χ0n) is 14.7. The summed E-state index contributed by atoms with van der Waals surface area (Å²) < 4.78 is 5.21. The van der Waals surface area contributed by atoms with Crippen LogP contribution in [0.4, 0.5) is 0 Å². The third-order valence-electron chi connectivity index (χ3n) is 4.03. The number of aliphatic hydroxyl groups is 1. The average Bonchev–Trinajstić information content (AvgIpc) is 3.07. The zero-order valence-corrected chi connectivity index (χ0v) is 14.7. The highest BCUT2D eigenvalue weighted by Crippen LogP contribution is 2.24. The smallest absolute Gasteiger partial charge is 0.342 e. The number of aromatic nitrogens is 2. The van der Waals surface area contributed by atoms with Gasteiger partial charge < -0.3 is 19.9 Å². The van der Waals surface area contributed by atoms with Crippen LogP contribution >= 0.6 is 0 Å². The van der Waals surface area contributed by atoms with E-state index in [2.05, 4.69) is 9.97 Å². The first-order chi connectivity index (χ1) is 12.9. The highest BCUT2D eigenvalue weighted by Gasteiger charge is 2.23. The number of carbonyl (C=O) groups is 1. The zero-order chi connectivity index (χ0) is 19.6. The van der Waals surface area contributed by atoms with E-state index in [4.69, 9.17) is 4.74 Å². The van der Waals surface area contributed by atoms with Crippen LogP contribution in [0.25, 0.3) is 16.6 Å². The molecule has 3 N–H and O–H groups in total. The number of esters is 1. The minimum atomic E-state index is -1.11. The Bertz CT molecular complexity index is 1060. The van der Waals surface area contributed by atoms with Crippen LogP contribution < -0.4 is 0 Å². The predicted molar refractivity (Wildman–Crippen MR) is 99.0 cm³/mol. The highest BCUT2D eigenvalue weighted by molar-refractivity contribution is 5.93. The number of nitrogens with one attached hydrogen (secondary N) is 1. The Morgan fingerprint density at radius 2 is 2.04 bits per heavy atom. The highest BCUT2D eigenvalue weighted by atomic mass is 16.6. The number of nitriles is 1. The van der Waals surface area contributed by atoms with Gasteiger partial charge in [0, 0.05) is 0 Å². The molecule has 1 heterocycles. The van der Waals surface area contributed by atoms with E-state index in [9.17, 15) is 20.3 Å². The molecule has 1 atom stereocenters. The van der Waals surface area contributed by atoms with Crippen molar-refractivity contribution in [2.45, 2.75) is 20.0 Å². The number of benzene rings is 2. The molecule has 7 nitrogen and oxygen atoms in total. The third-order valence-corrected chi connectivity index (χ3v) is 4.03. The van der Waals surface area contributed by atoms with Gasteiger partial charge in [0.2, 0.25) is 0 Å². The van der Waals surface area contributed by atoms with Gasteiger partial charge in [-0.3, -0.25) is 0 Å². The van der Waals surface area contributed by atoms with Crippen molar-refractivity contribution in [1.82, 2.24) is 9.97 Å². The summed E-state index contributed by atoms with van der Waals surface area (Å²) in [6.45, 7) is 3.20. The Morgan fingerprint density at radius 3 is 2.74 bits per heavy atom. The number of hydrogen-bond donors (Lipinski definition) is 3. The molecule has 2 aromatic carbocycles. The molecule has 7 heteroatoms. The Labute approximate surface area is 155 Å². The van der Waals surface area contributed by atoms with E-state index in [0.29, 0.717) is 11.0 Å². The van der Waals surface area contributed by atoms with Crippen LogP contribution in [0.15, 0.2) is 48.2 Å². The standard InChI is InChI=1S/C20H17N3O4/c1-11-7-8-17(24)13(9-11)20(26)27-12(2)18(25)14(10-21)19-22-15-5-3-4-6-16(15)23-19/h3-9,12,24-25H,1-2H3,(H,22,23)/b18-14-/t12-/m0/s1. The van der Waals surface area contributed by atoms with Crippen molar-refractivity contribution in [2.24, 2.45) is 0 Å². The lowest BCUT2D eigenvalue weighted by atomic mass is 10.1. The van der Waals surface area contributed by atoms with E-state index in [-0.39, 0.29) is 22.7 Å². The number of allylic oxidation sites excluding steroid dienone is 1. The summed E-state index contributed by atoms with van der Waals surface area (Å²) in [6.07, 6.45) is -1.11. The molecular formula is C20H17N3O4. The topological polar surface area (TPSA) is 119 Å². The number of ether oxygens (including phenoxy) is 1. The lowest BCUT2D eigenvalue weighted by Crippen LogP contribution is -2.18. The summed E-state index contributed by atoms with van der Waals surface area (Å²) in [5.74, 6) is -1.29. The van der Waals surface area contributed by atoms with Gasteiger partial charge in [-0.2, -0.15) is 5.26 Å². The SMILES string of the molecule is Cc1ccc(O)c(C(=O)O[C@@H](C)/C(O)=C(\C#N)c2nc3ccccc3[nH]2)c1. The van der Waals surface area contributed by atoms with Gasteiger partial charge in [-0.05, 0) is 38.1 Å². The largest absolute Gasteiger partial charge is 0.507 e. The summed E-state index contributed by atoms with van der Waals surface area (Å²) in [4.78, 5) is 19.5. The maximum Gasteiger partial charge on any atom is 0.342 e. The summed E-state index contributed by atoms with van der Waals surface area (Å²) in [5, 5.41) is 29.7. The second kappa shape index (κ2) is 7.22. The number of hydrogen-bond acceptors (Lipinski definition) is 6. The first-order valence-electron chi connectivity index (χ1n) is 8.19. The quantitative estimate of drug-likeness (QED) is 0.370. The molecule has 0 aliphatic heterocycles. The Hall–Kier alpha value is -3.79. The molecular weight excluding hydrogens is 346 g/mol. The molecule has 1 aromatic heterocycles. The van der Waals surface area contributed by atoms with Gasteiger partial charge in [0.15, 0.2) is 17.7 Å². The molecule has 136 valence electrons. The molecule has 0 aliphatic rings. The van der Waals surface area contributed by atoms with Crippen molar-refractivity contribution in [2.75, 3.05) is 0 Å². The number of fused-ring (bicyclic) bond motifs is 1. The third kappa shape index (κ3) is 3.60. The van der Waals surface area contributed by atoms with Crippen LogP contribution in [0.5, 0.6) is 5.75 Å². The van der Waals surface area contributed by atoms with E-state index < -0.39 is 17.8 Å². The maximum absolute atomic E-state index is 12.3. The van der Waals surface area contributed by atoms with E-state index in [1.807, 2.05) is 12.1 Å². The molecule has 0 fully saturated rings. The summed E-state index contributed by atoms with van der Waals surface area (Å²) in [5.41, 5.74) is 1.98. The molecule has 27 heavy (non-hydrogen) atoms. The summed E-state index contributed by atoms with van der Waals surface area (Å²) in [6, 6.07) is 13.6. The molecule has 0 aliphatic carbocycles.